The van der Waals surface area contributed by atoms with Gasteiger partial charge < -0.3 is 9.88 Å². The van der Waals surface area contributed by atoms with Gasteiger partial charge in [0.1, 0.15) is 0 Å². The molecule has 0 aliphatic carbocycles. The molecule has 0 aliphatic heterocycles. The van der Waals surface area contributed by atoms with Gasteiger partial charge in [-0.25, -0.2) is 0 Å². The second-order valence-corrected chi connectivity index (χ2v) is 4.48. The molecule has 0 spiro atoms. The number of aromatic nitrogens is 1. The van der Waals surface area contributed by atoms with Crippen molar-refractivity contribution in [3.8, 4) is 6.07 Å². The van der Waals surface area contributed by atoms with Crippen LogP contribution in [0.2, 0.25) is 0 Å². The maximum atomic E-state index is 8.84. The molecule has 0 amide bonds. The molecule has 1 aromatic carbocycles. The Labute approximate surface area is 108 Å². The number of hydrogen-bond donors (Lipinski definition) is 1. The third-order valence-electron chi connectivity index (χ3n) is 3.02. The second kappa shape index (κ2) is 5.52. The van der Waals surface area contributed by atoms with Crippen LogP contribution < -0.4 is 5.32 Å². The summed E-state index contributed by atoms with van der Waals surface area (Å²) in [5, 5.41) is 12.0. The van der Waals surface area contributed by atoms with Gasteiger partial charge in [-0.2, -0.15) is 5.26 Å². The molecule has 0 saturated heterocycles. The Kier molecular flexibility index (Phi) is 3.81. The van der Waals surface area contributed by atoms with E-state index in [1.165, 1.54) is 11.1 Å². The van der Waals surface area contributed by atoms with Crippen molar-refractivity contribution in [2.75, 3.05) is 7.05 Å². The molecule has 3 heteroatoms. The summed E-state index contributed by atoms with van der Waals surface area (Å²) in [5.74, 6) is 0. The zero-order chi connectivity index (χ0) is 13.0. The van der Waals surface area contributed by atoms with Crippen LogP contribution in [-0.4, -0.2) is 11.6 Å². The van der Waals surface area contributed by atoms with Gasteiger partial charge in [-0.05, 0) is 48.9 Å². The first-order chi connectivity index (χ1) is 8.72. The van der Waals surface area contributed by atoms with Gasteiger partial charge in [0.05, 0.1) is 11.6 Å². The lowest BCUT2D eigenvalue weighted by Crippen LogP contribution is -2.04. The van der Waals surface area contributed by atoms with Crippen LogP contribution in [0.25, 0.3) is 0 Å². The predicted octanol–water partition coefficient (Wildman–Crippen LogP) is 2.44. The van der Waals surface area contributed by atoms with E-state index in [9.17, 15) is 0 Å². The summed E-state index contributed by atoms with van der Waals surface area (Å²) < 4.78 is 2.17. The van der Waals surface area contributed by atoms with Crippen molar-refractivity contribution in [2.24, 2.45) is 0 Å². The Morgan fingerprint density at radius 3 is 2.83 bits per heavy atom. The number of hydrogen-bond acceptors (Lipinski definition) is 2. The third-order valence-corrected chi connectivity index (χ3v) is 3.02. The fourth-order valence-corrected chi connectivity index (χ4v) is 2.04. The Bertz CT molecular complexity index is 576. The Morgan fingerprint density at radius 1 is 1.33 bits per heavy atom. The zero-order valence-electron chi connectivity index (χ0n) is 10.8. The molecule has 1 N–H and O–H groups in total. The maximum absolute atomic E-state index is 8.84. The minimum Gasteiger partial charge on any atom is -0.350 e. The van der Waals surface area contributed by atoms with Crippen LogP contribution in [0, 0.1) is 18.3 Å². The minimum absolute atomic E-state index is 0.722. The molecule has 2 rings (SSSR count). The van der Waals surface area contributed by atoms with E-state index in [1.54, 1.807) is 0 Å². The molecule has 0 atom stereocenters. The van der Waals surface area contributed by atoms with Gasteiger partial charge in [-0.15, -0.1) is 0 Å². The Balaban J connectivity index is 2.15. The van der Waals surface area contributed by atoms with Crippen molar-refractivity contribution < 1.29 is 0 Å². The SMILES string of the molecule is CNCc1ccn(Cc2ccc(C#N)cc2C)c1. The number of rotatable bonds is 4. The smallest absolute Gasteiger partial charge is 0.0991 e. The van der Waals surface area contributed by atoms with E-state index in [0.717, 1.165) is 24.2 Å². The van der Waals surface area contributed by atoms with E-state index < -0.39 is 0 Å². The lowest BCUT2D eigenvalue weighted by atomic mass is 10.1. The van der Waals surface area contributed by atoms with Crippen LogP contribution in [0.1, 0.15) is 22.3 Å². The maximum Gasteiger partial charge on any atom is 0.0991 e. The van der Waals surface area contributed by atoms with E-state index >= 15 is 0 Å². The van der Waals surface area contributed by atoms with Gasteiger partial charge in [0.15, 0.2) is 0 Å². The summed E-state index contributed by atoms with van der Waals surface area (Å²) in [7, 11) is 1.95. The summed E-state index contributed by atoms with van der Waals surface area (Å²) in [6.07, 6.45) is 4.23. The van der Waals surface area contributed by atoms with E-state index in [1.807, 2.05) is 32.2 Å². The molecule has 1 aromatic heterocycles. The molecule has 0 bridgehead atoms. The van der Waals surface area contributed by atoms with E-state index in [0.29, 0.717) is 0 Å². The number of aryl methyl sites for hydroxylation is 1. The van der Waals surface area contributed by atoms with Gasteiger partial charge in [-0.1, -0.05) is 6.07 Å². The van der Waals surface area contributed by atoms with E-state index in [2.05, 4.69) is 34.4 Å². The zero-order valence-corrected chi connectivity index (χ0v) is 10.8. The highest BCUT2D eigenvalue weighted by molar-refractivity contribution is 5.37. The van der Waals surface area contributed by atoms with E-state index in [-0.39, 0.29) is 0 Å². The van der Waals surface area contributed by atoms with Crippen molar-refractivity contribution in [3.05, 3.63) is 58.9 Å². The third kappa shape index (κ3) is 2.79. The summed E-state index contributed by atoms with van der Waals surface area (Å²) in [4.78, 5) is 0. The van der Waals surface area contributed by atoms with Gasteiger partial charge in [0, 0.05) is 25.5 Å². The molecule has 0 aliphatic rings. The normalized spacial score (nSPS) is 10.3. The first-order valence-electron chi connectivity index (χ1n) is 6.02. The summed E-state index contributed by atoms with van der Waals surface area (Å²) in [5.41, 5.74) is 4.42. The van der Waals surface area contributed by atoms with Gasteiger partial charge >= 0.3 is 0 Å². The first kappa shape index (κ1) is 12.4. The van der Waals surface area contributed by atoms with Crippen molar-refractivity contribution in [2.45, 2.75) is 20.0 Å². The number of nitrogens with zero attached hydrogens (tertiary/aromatic N) is 2. The van der Waals surface area contributed by atoms with Crippen molar-refractivity contribution >= 4 is 0 Å². The first-order valence-corrected chi connectivity index (χ1v) is 6.02. The topological polar surface area (TPSA) is 40.8 Å². The highest BCUT2D eigenvalue weighted by Crippen LogP contribution is 2.13. The molecular weight excluding hydrogens is 222 g/mol. The molecule has 18 heavy (non-hydrogen) atoms. The van der Waals surface area contributed by atoms with Gasteiger partial charge in [-0.3, -0.25) is 0 Å². The molecule has 0 unspecified atom stereocenters. The average Bonchev–Trinajstić information content (AvgIpc) is 2.80. The standard InChI is InChI=1S/C15H17N3/c1-12-7-13(8-16)3-4-15(12)11-18-6-5-14(10-18)9-17-2/h3-7,10,17H,9,11H2,1-2H3. The quantitative estimate of drug-likeness (QED) is 0.890. The predicted molar refractivity (Wildman–Crippen MR) is 72.2 cm³/mol. The van der Waals surface area contributed by atoms with Crippen LogP contribution in [-0.2, 0) is 13.1 Å². The monoisotopic (exact) mass is 239 g/mol. The highest BCUT2D eigenvalue weighted by Gasteiger charge is 2.02. The lowest BCUT2D eigenvalue weighted by molar-refractivity contribution is 0.779. The van der Waals surface area contributed by atoms with Crippen LogP contribution in [0.5, 0.6) is 0 Å². The fourth-order valence-electron chi connectivity index (χ4n) is 2.04. The van der Waals surface area contributed by atoms with E-state index in [4.69, 9.17) is 5.26 Å². The molecule has 92 valence electrons. The summed E-state index contributed by atoms with van der Waals surface area (Å²) in [6, 6.07) is 10.1. The van der Waals surface area contributed by atoms with Crippen LogP contribution in [0.3, 0.4) is 0 Å². The molecule has 0 radical (unpaired) electrons. The highest BCUT2D eigenvalue weighted by atomic mass is 14.9. The average molecular weight is 239 g/mol. The Morgan fingerprint density at radius 2 is 2.17 bits per heavy atom. The fraction of sp³-hybridized carbons (Fsp3) is 0.267. The van der Waals surface area contributed by atoms with Crippen LogP contribution in [0.15, 0.2) is 36.7 Å². The van der Waals surface area contributed by atoms with Gasteiger partial charge in [0.25, 0.3) is 0 Å². The molecule has 2 aromatic rings. The molecule has 1 heterocycles. The molecule has 0 saturated carbocycles. The number of benzene rings is 1. The van der Waals surface area contributed by atoms with Crippen molar-refractivity contribution in [3.63, 3.8) is 0 Å². The lowest BCUT2D eigenvalue weighted by Gasteiger charge is -2.07. The molecular formula is C15H17N3. The molecule has 3 nitrogen and oxygen atoms in total. The summed E-state index contributed by atoms with van der Waals surface area (Å²) >= 11 is 0. The van der Waals surface area contributed by atoms with Crippen molar-refractivity contribution in [1.82, 2.24) is 9.88 Å². The minimum atomic E-state index is 0.722. The van der Waals surface area contributed by atoms with Gasteiger partial charge in [0.2, 0.25) is 0 Å². The largest absolute Gasteiger partial charge is 0.350 e. The number of nitrogens with one attached hydrogen (secondary N) is 1. The van der Waals surface area contributed by atoms with Crippen LogP contribution >= 0.6 is 0 Å². The van der Waals surface area contributed by atoms with Crippen LogP contribution in [0.4, 0.5) is 0 Å². The Hall–Kier alpha value is -2.05. The molecule has 0 fully saturated rings. The van der Waals surface area contributed by atoms with Crippen molar-refractivity contribution in [1.29, 1.82) is 5.26 Å². The summed E-state index contributed by atoms with van der Waals surface area (Å²) in [6.45, 7) is 3.79. The second-order valence-electron chi connectivity index (χ2n) is 4.48. The number of nitriles is 1.